The molecule has 1 N–H and O–H groups in total. The summed E-state index contributed by atoms with van der Waals surface area (Å²) < 4.78 is 11.5. The summed E-state index contributed by atoms with van der Waals surface area (Å²) in [6.07, 6.45) is 0. The number of aromatic nitrogens is 2. The van der Waals surface area contributed by atoms with Gasteiger partial charge in [-0.15, -0.1) is 0 Å². The average molecular weight is 288 g/mol. The maximum Gasteiger partial charge on any atom is 0.328 e. The Morgan fingerprint density at radius 2 is 2.05 bits per heavy atom. The van der Waals surface area contributed by atoms with Crippen LogP contribution in [0.2, 0.25) is 0 Å². The van der Waals surface area contributed by atoms with Gasteiger partial charge in [-0.2, -0.15) is 5.10 Å². The van der Waals surface area contributed by atoms with Crippen LogP contribution >= 0.6 is 0 Å². The maximum absolute atomic E-state index is 11.7. The number of hydrogen-bond acceptors (Lipinski definition) is 5. The first-order chi connectivity index (χ1) is 10.1. The van der Waals surface area contributed by atoms with E-state index in [0.717, 1.165) is 4.68 Å². The fourth-order valence-electron chi connectivity index (χ4n) is 2.02. The van der Waals surface area contributed by atoms with Crippen molar-refractivity contribution >= 4 is 5.97 Å². The Morgan fingerprint density at radius 3 is 2.81 bits per heavy atom. The summed E-state index contributed by atoms with van der Waals surface area (Å²) in [5.74, 6) is 0.122. The summed E-state index contributed by atoms with van der Waals surface area (Å²) in [5.41, 5.74) is 0.737. The van der Waals surface area contributed by atoms with Gasteiger partial charge in [0.15, 0.2) is 17.5 Å². The fraction of sp³-hybridized carbons (Fsp3) is 0.214. The van der Waals surface area contributed by atoms with Crippen molar-refractivity contribution in [3.05, 3.63) is 40.7 Å². The minimum Gasteiger partial charge on any atom is -0.480 e. The van der Waals surface area contributed by atoms with Crippen LogP contribution in [0.4, 0.5) is 0 Å². The lowest BCUT2D eigenvalue weighted by Crippen LogP contribution is -2.29. The van der Waals surface area contributed by atoms with E-state index in [9.17, 15) is 9.59 Å². The number of ether oxygens (including phenoxy) is 2. The minimum atomic E-state index is -1.12. The number of hydrogen-bond donors (Lipinski definition) is 1. The topological polar surface area (TPSA) is 90.7 Å². The first kappa shape index (κ1) is 13.2. The molecular weight excluding hydrogens is 276 g/mol. The third kappa shape index (κ3) is 2.33. The van der Waals surface area contributed by atoms with Crippen molar-refractivity contribution in [1.82, 2.24) is 9.78 Å². The van der Waals surface area contributed by atoms with E-state index in [4.69, 9.17) is 14.6 Å². The third-order valence-electron chi connectivity index (χ3n) is 3.22. The zero-order valence-corrected chi connectivity index (χ0v) is 11.1. The number of fused-ring (bicyclic) bond motifs is 1. The third-order valence-corrected chi connectivity index (χ3v) is 3.22. The van der Waals surface area contributed by atoms with Crippen LogP contribution in [0.15, 0.2) is 35.1 Å². The largest absolute Gasteiger partial charge is 0.480 e. The van der Waals surface area contributed by atoms with Crippen LogP contribution < -0.4 is 15.0 Å². The molecule has 0 aliphatic carbocycles. The van der Waals surface area contributed by atoms with Gasteiger partial charge < -0.3 is 14.6 Å². The molecule has 0 radical (unpaired) electrons. The quantitative estimate of drug-likeness (QED) is 0.915. The maximum atomic E-state index is 11.7. The monoisotopic (exact) mass is 288 g/mol. The van der Waals surface area contributed by atoms with Crippen molar-refractivity contribution < 1.29 is 19.4 Å². The van der Waals surface area contributed by atoms with E-state index >= 15 is 0 Å². The molecule has 0 amide bonds. The smallest absolute Gasteiger partial charge is 0.328 e. The molecule has 0 fully saturated rings. The van der Waals surface area contributed by atoms with Crippen molar-refractivity contribution in [2.75, 3.05) is 6.79 Å². The van der Waals surface area contributed by atoms with Gasteiger partial charge in [-0.1, -0.05) is 0 Å². The van der Waals surface area contributed by atoms with Crippen molar-refractivity contribution in [3.8, 4) is 22.8 Å². The lowest BCUT2D eigenvalue weighted by molar-refractivity contribution is -0.140. The molecule has 0 saturated carbocycles. The lowest BCUT2D eigenvalue weighted by atomic mass is 10.1. The second-order valence-corrected chi connectivity index (χ2v) is 4.58. The molecular formula is C14H12N2O5. The van der Waals surface area contributed by atoms with E-state index < -0.39 is 17.6 Å². The van der Waals surface area contributed by atoms with E-state index in [1.54, 1.807) is 24.3 Å². The number of aliphatic carboxylic acids is 1. The molecule has 1 aromatic heterocycles. The van der Waals surface area contributed by atoms with E-state index in [1.165, 1.54) is 13.0 Å². The lowest BCUT2D eigenvalue weighted by Gasteiger charge is -2.10. The average Bonchev–Trinajstić information content (AvgIpc) is 2.94. The predicted molar refractivity (Wildman–Crippen MR) is 72.4 cm³/mol. The zero-order chi connectivity index (χ0) is 15.0. The Kier molecular flexibility index (Phi) is 3.09. The Labute approximate surface area is 119 Å². The van der Waals surface area contributed by atoms with E-state index in [-0.39, 0.29) is 6.79 Å². The predicted octanol–water partition coefficient (Wildman–Crippen LogP) is 1.28. The van der Waals surface area contributed by atoms with Crippen molar-refractivity contribution in [2.24, 2.45) is 0 Å². The summed E-state index contributed by atoms with van der Waals surface area (Å²) in [6, 6.07) is 7.07. The Bertz CT molecular complexity index is 768. The number of rotatable bonds is 3. The van der Waals surface area contributed by atoms with Crippen LogP contribution in [0, 0.1) is 0 Å². The highest BCUT2D eigenvalue weighted by atomic mass is 16.7. The summed E-state index contributed by atoms with van der Waals surface area (Å²) >= 11 is 0. The van der Waals surface area contributed by atoms with Gasteiger partial charge >= 0.3 is 5.97 Å². The van der Waals surface area contributed by atoms with Gasteiger partial charge in [-0.3, -0.25) is 4.79 Å². The highest BCUT2D eigenvalue weighted by Gasteiger charge is 2.18. The van der Waals surface area contributed by atoms with Gasteiger partial charge in [0.1, 0.15) is 0 Å². The molecule has 1 aliphatic rings. The second-order valence-electron chi connectivity index (χ2n) is 4.58. The number of carboxylic acid groups (broad SMARTS) is 1. The van der Waals surface area contributed by atoms with E-state index in [2.05, 4.69) is 5.10 Å². The molecule has 108 valence electrons. The first-order valence-electron chi connectivity index (χ1n) is 6.29. The Morgan fingerprint density at radius 1 is 1.29 bits per heavy atom. The normalized spacial score (nSPS) is 14.0. The molecule has 0 bridgehead atoms. The molecule has 2 aromatic rings. The summed E-state index contributed by atoms with van der Waals surface area (Å²) in [6.45, 7) is 1.57. The summed E-state index contributed by atoms with van der Waals surface area (Å²) in [5, 5.41) is 13.1. The van der Waals surface area contributed by atoms with Gasteiger partial charge in [0.25, 0.3) is 5.56 Å². The molecule has 0 saturated heterocycles. The molecule has 3 rings (SSSR count). The number of nitrogens with zero attached hydrogens (tertiary/aromatic N) is 2. The van der Waals surface area contributed by atoms with E-state index in [1.807, 2.05) is 0 Å². The second kappa shape index (κ2) is 4.93. The van der Waals surface area contributed by atoms with Crippen LogP contribution in [0.25, 0.3) is 11.3 Å². The van der Waals surface area contributed by atoms with Crippen LogP contribution in [0.3, 0.4) is 0 Å². The molecule has 1 unspecified atom stereocenters. The molecule has 7 nitrogen and oxygen atoms in total. The highest BCUT2D eigenvalue weighted by Crippen LogP contribution is 2.35. The summed E-state index contributed by atoms with van der Waals surface area (Å²) in [7, 11) is 0. The Hall–Kier alpha value is -2.83. The molecule has 1 aromatic carbocycles. The van der Waals surface area contributed by atoms with Crippen LogP contribution in [0.1, 0.15) is 13.0 Å². The molecule has 0 spiro atoms. The van der Waals surface area contributed by atoms with Crippen molar-refractivity contribution in [1.29, 1.82) is 0 Å². The molecule has 7 heteroatoms. The van der Waals surface area contributed by atoms with Gasteiger partial charge in [0, 0.05) is 11.6 Å². The fourth-order valence-corrected chi connectivity index (χ4v) is 2.02. The van der Waals surface area contributed by atoms with Crippen molar-refractivity contribution in [3.63, 3.8) is 0 Å². The first-order valence-corrected chi connectivity index (χ1v) is 6.29. The van der Waals surface area contributed by atoms with Crippen LogP contribution in [-0.2, 0) is 4.79 Å². The number of carboxylic acids is 1. The Balaban J connectivity index is 2.05. The van der Waals surface area contributed by atoms with Gasteiger partial charge in [-0.25, -0.2) is 9.48 Å². The van der Waals surface area contributed by atoms with Gasteiger partial charge in [0.05, 0.1) is 5.69 Å². The molecule has 1 aliphatic heterocycles. The van der Waals surface area contributed by atoms with Gasteiger partial charge in [-0.05, 0) is 31.2 Å². The van der Waals surface area contributed by atoms with Crippen LogP contribution in [-0.4, -0.2) is 27.6 Å². The highest BCUT2D eigenvalue weighted by molar-refractivity contribution is 5.71. The van der Waals surface area contributed by atoms with Crippen LogP contribution in [0.5, 0.6) is 11.5 Å². The molecule has 2 heterocycles. The minimum absolute atomic E-state index is 0.168. The number of carbonyl (C=O) groups is 1. The number of benzene rings is 1. The van der Waals surface area contributed by atoms with E-state index in [0.29, 0.717) is 22.8 Å². The SMILES string of the molecule is CC(C(=O)O)n1nc(-c2ccc3c(c2)OCO3)ccc1=O. The van der Waals surface area contributed by atoms with Crippen molar-refractivity contribution in [2.45, 2.75) is 13.0 Å². The standard InChI is InChI=1S/C14H12N2O5/c1-8(14(18)19)16-13(17)5-3-10(15-16)9-2-4-11-12(6-9)21-7-20-11/h2-6,8H,7H2,1H3,(H,18,19). The molecule has 1 atom stereocenters. The zero-order valence-electron chi connectivity index (χ0n) is 11.1. The van der Waals surface area contributed by atoms with Gasteiger partial charge in [0.2, 0.25) is 6.79 Å². The summed E-state index contributed by atoms with van der Waals surface area (Å²) in [4.78, 5) is 22.7. The molecule has 21 heavy (non-hydrogen) atoms.